The molecule has 1 saturated heterocycles. The molecule has 1 aliphatic heterocycles. The average Bonchev–Trinajstić information content (AvgIpc) is 2.55. The molecule has 0 bridgehead atoms. The first-order valence-corrected chi connectivity index (χ1v) is 4.11. The normalized spacial score (nSPS) is 24.3. The summed E-state index contributed by atoms with van der Waals surface area (Å²) >= 11 is 0. The summed E-state index contributed by atoms with van der Waals surface area (Å²) in [4.78, 5) is 7.52. The smallest absolute Gasteiger partial charge is 0.123 e. The average molecular weight is 151 g/mol. The van der Waals surface area contributed by atoms with Crippen molar-refractivity contribution < 1.29 is 0 Å². The van der Waals surface area contributed by atoms with Gasteiger partial charge in [-0.25, -0.2) is 4.98 Å². The van der Waals surface area contributed by atoms with Crippen molar-refractivity contribution in [1.29, 1.82) is 0 Å². The van der Waals surface area contributed by atoms with E-state index in [1.807, 2.05) is 13.1 Å². The van der Waals surface area contributed by atoms with Gasteiger partial charge in [-0.3, -0.25) is 0 Å². The van der Waals surface area contributed by atoms with Crippen LogP contribution >= 0.6 is 0 Å². The van der Waals surface area contributed by atoms with E-state index in [4.69, 9.17) is 0 Å². The maximum atomic E-state index is 4.28. The molecular formula is C8H13N3. The molecule has 0 aromatic carbocycles. The zero-order valence-corrected chi connectivity index (χ0v) is 6.72. The molecule has 2 N–H and O–H groups in total. The first-order chi connectivity index (χ1) is 5.36. The lowest BCUT2D eigenvalue weighted by atomic mass is 10.2. The number of aryl methyl sites for hydroxylation is 1. The minimum Gasteiger partial charge on any atom is -0.345 e. The largest absolute Gasteiger partial charge is 0.345 e. The van der Waals surface area contributed by atoms with Crippen LogP contribution in [0.25, 0.3) is 0 Å². The summed E-state index contributed by atoms with van der Waals surface area (Å²) in [7, 11) is 0. The van der Waals surface area contributed by atoms with Gasteiger partial charge in [0.15, 0.2) is 0 Å². The highest BCUT2D eigenvalue weighted by molar-refractivity contribution is 5.04. The number of hydrogen-bond acceptors (Lipinski definition) is 2. The third kappa shape index (κ3) is 1.28. The van der Waals surface area contributed by atoms with Crippen LogP contribution in [0.3, 0.4) is 0 Å². The molecule has 0 amide bonds. The Labute approximate surface area is 66.2 Å². The van der Waals surface area contributed by atoms with Gasteiger partial charge in [0.2, 0.25) is 0 Å². The molecule has 1 fully saturated rings. The molecule has 3 heteroatoms. The number of aromatic amines is 1. The predicted molar refractivity (Wildman–Crippen MR) is 43.3 cm³/mol. The van der Waals surface area contributed by atoms with E-state index in [-0.39, 0.29) is 0 Å². The summed E-state index contributed by atoms with van der Waals surface area (Å²) in [6.07, 6.45) is 4.37. The van der Waals surface area contributed by atoms with Gasteiger partial charge in [0, 0.05) is 11.9 Å². The molecule has 0 radical (unpaired) electrons. The second-order valence-corrected chi connectivity index (χ2v) is 3.10. The molecule has 1 aromatic rings. The number of aromatic nitrogens is 2. The third-order valence-electron chi connectivity index (χ3n) is 2.11. The fourth-order valence-corrected chi connectivity index (χ4v) is 1.53. The first kappa shape index (κ1) is 6.85. The van der Waals surface area contributed by atoms with Gasteiger partial charge in [-0.1, -0.05) is 0 Å². The van der Waals surface area contributed by atoms with Crippen LogP contribution in [0.15, 0.2) is 6.20 Å². The van der Waals surface area contributed by atoms with Crippen molar-refractivity contribution in [3.05, 3.63) is 17.7 Å². The highest BCUT2D eigenvalue weighted by atomic mass is 15.0. The van der Waals surface area contributed by atoms with E-state index in [0.717, 1.165) is 18.1 Å². The van der Waals surface area contributed by atoms with Crippen LogP contribution in [-0.4, -0.2) is 16.5 Å². The van der Waals surface area contributed by atoms with Crippen LogP contribution in [0.1, 0.15) is 30.4 Å². The molecule has 0 spiro atoms. The molecule has 1 atom stereocenters. The standard InChI is InChI=1S/C8H13N3/c1-6-5-10-8(11-6)7-3-2-4-9-7/h5,7,9H,2-4H2,1H3,(H,10,11)/t7-/m1/s1. The molecule has 1 aliphatic rings. The van der Waals surface area contributed by atoms with Gasteiger partial charge in [-0.15, -0.1) is 0 Å². The van der Waals surface area contributed by atoms with Crippen molar-refractivity contribution >= 4 is 0 Å². The molecule has 0 saturated carbocycles. The zero-order valence-electron chi connectivity index (χ0n) is 6.72. The van der Waals surface area contributed by atoms with Gasteiger partial charge >= 0.3 is 0 Å². The van der Waals surface area contributed by atoms with Gasteiger partial charge in [0.1, 0.15) is 5.82 Å². The van der Waals surface area contributed by atoms with Crippen LogP contribution in [0.4, 0.5) is 0 Å². The van der Waals surface area contributed by atoms with Crippen molar-refractivity contribution in [1.82, 2.24) is 15.3 Å². The molecule has 3 nitrogen and oxygen atoms in total. The van der Waals surface area contributed by atoms with E-state index >= 15 is 0 Å². The Bertz CT molecular complexity index is 235. The summed E-state index contributed by atoms with van der Waals surface area (Å²) in [5, 5.41) is 3.39. The van der Waals surface area contributed by atoms with Gasteiger partial charge in [0.05, 0.1) is 6.04 Å². The van der Waals surface area contributed by atoms with Crippen molar-refractivity contribution in [3.63, 3.8) is 0 Å². The number of hydrogen-bond donors (Lipinski definition) is 2. The highest BCUT2D eigenvalue weighted by Crippen LogP contribution is 2.19. The Kier molecular flexibility index (Phi) is 1.66. The van der Waals surface area contributed by atoms with Crippen molar-refractivity contribution in [2.24, 2.45) is 0 Å². The number of nitrogens with zero attached hydrogens (tertiary/aromatic N) is 1. The maximum Gasteiger partial charge on any atom is 0.123 e. The lowest BCUT2D eigenvalue weighted by molar-refractivity contribution is 0.612. The Morgan fingerprint density at radius 3 is 3.09 bits per heavy atom. The maximum absolute atomic E-state index is 4.28. The minimum atomic E-state index is 0.476. The van der Waals surface area contributed by atoms with Gasteiger partial charge < -0.3 is 10.3 Å². The van der Waals surface area contributed by atoms with Crippen LogP contribution in [0.2, 0.25) is 0 Å². The molecule has 0 unspecified atom stereocenters. The Hall–Kier alpha value is -0.830. The molecule has 2 rings (SSSR count). The Morgan fingerprint density at radius 2 is 2.55 bits per heavy atom. The summed E-state index contributed by atoms with van der Waals surface area (Å²) in [5.74, 6) is 1.10. The Morgan fingerprint density at radius 1 is 1.64 bits per heavy atom. The molecule has 60 valence electrons. The molecular weight excluding hydrogens is 138 g/mol. The van der Waals surface area contributed by atoms with E-state index in [1.54, 1.807) is 0 Å². The number of nitrogens with one attached hydrogen (secondary N) is 2. The van der Waals surface area contributed by atoms with Gasteiger partial charge in [0.25, 0.3) is 0 Å². The SMILES string of the molecule is Cc1cnc([C@H]2CCCN2)[nH]1. The second-order valence-electron chi connectivity index (χ2n) is 3.10. The van der Waals surface area contributed by atoms with Crippen molar-refractivity contribution in [2.75, 3.05) is 6.54 Å². The topological polar surface area (TPSA) is 40.7 Å². The van der Waals surface area contributed by atoms with Gasteiger partial charge in [-0.05, 0) is 26.3 Å². The molecule has 11 heavy (non-hydrogen) atoms. The first-order valence-electron chi connectivity index (χ1n) is 4.11. The van der Waals surface area contributed by atoms with E-state index in [1.165, 1.54) is 12.8 Å². The minimum absolute atomic E-state index is 0.476. The van der Waals surface area contributed by atoms with Crippen LogP contribution in [0, 0.1) is 6.92 Å². The Balaban J connectivity index is 2.15. The number of rotatable bonds is 1. The van der Waals surface area contributed by atoms with Crippen LogP contribution in [-0.2, 0) is 0 Å². The predicted octanol–water partition coefficient (Wildman–Crippen LogP) is 1.14. The summed E-state index contributed by atoms with van der Waals surface area (Å²) in [5.41, 5.74) is 1.15. The number of H-pyrrole nitrogens is 1. The van der Waals surface area contributed by atoms with E-state index in [0.29, 0.717) is 6.04 Å². The van der Waals surface area contributed by atoms with Crippen molar-refractivity contribution in [2.45, 2.75) is 25.8 Å². The second kappa shape index (κ2) is 2.66. The monoisotopic (exact) mass is 151 g/mol. The highest BCUT2D eigenvalue weighted by Gasteiger charge is 2.17. The summed E-state index contributed by atoms with van der Waals surface area (Å²) < 4.78 is 0. The zero-order chi connectivity index (χ0) is 7.68. The quantitative estimate of drug-likeness (QED) is 0.632. The van der Waals surface area contributed by atoms with E-state index in [2.05, 4.69) is 15.3 Å². The van der Waals surface area contributed by atoms with Crippen LogP contribution in [0.5, 0.6) is 0 Å². The number of imidazole rings is 1. The summed E-state index contributed by atoms with van der Waals surface area (Å²) in [6, 6.07) is 0.476. The third-order valence-corrected chi connectivity index (χ3v) is 2.11. The lowest BCUT2D eigenvalue weighted by Gasteiger charge is -2.04. The molecule has 2 heterocycles. The van der Waals surface area contributed by atoms with E-state index < -0.39 is 0 Å². The molecule has 0 aliphatic carbocycles. The van der Waals surface area contributed by atoms with E-state index in [9.17, 15) is 0 Å². The van der Waals surface area contributed by atoms with Crippen molar-refractivity contribution in [3.8, 4) is 0 Å². The van der Waals surface area contributed by atoms with Gasteiger partial charge in [-0.2, -0.15) is 0 Å². The fraction of sp³-hybridized carbons (Fsp3) is 0.625. The lowest BCUT2D eigenvalue weighted by Crippen LogP contribution is -2.14. The summed E-state index contributed by atoms with van der Waals surface area (Å²) in [6.45, 7) is 3.16. The molecule has 1 aromatic heterocycles. The fourth-order valence-electron chi connectivity index (χ4n) is 1.53. The van der Waals surface area contributed by atoms with Crippen LogP contribution < -0.4 is 5.32 Å².